The predicted octanol–water partition coefficient (Wildman–Crippen LogP) is 5.94. The highest BCUT2D eigenvalue weighted by Crippen LogP contribution is 2.37. The van der Waals surface area contributed by atoms with Crippen LogP contribution in [0, 0.1) is 5.92 Å². The van der Waals surface area contributed by atoms with Gasteiger partial charge < -0.3 is 9.72 Å². The monoisotopic (exact) mass is 408 g/mol. The zero-order valence-electron chi connectivity index (χ0n) is 17.1. The van der Waals surface area contributed by atoms with Crippen LogP contribution in [-0.2, 0) is 19.3 Å². The van der Waals surface area contributed by atoms with Crippen molar-refractivity contribution in [1.82, 2.24) is 9.97 Å². The standard InChI is InChI=1S/C24H28N2O2S/c1-3-6-18-17-9-8-16(4-2)24(27)19(17)10-11-20(18)28-21(22-7-5-14-29-22)15-23-25-12-13-26-23/h5,7,10-14,16,21H,3-4,6,8-9,15H2,1-2H3,(H,25,26). The Morgan fingerprint density at radius 2 is 2.21 bits per heavy atom. The zero-order chi connectivity index (χ0) is 20.2. The molecule has 0 fully saturated rings. The highest BCUT2D eigenvalue weighted by atomic mass is 32.1. The summed E-state index contributed by atoms with van der Waals surface area (Å²) in [7, 11) is 0. The maximum absolute atomic E-state index is 12.9. The number of imidazole rings is 1. The summed E-state index contributed by atoms with van der Waals surface area (Å²) < 4.78 is 6.61. The van der Waals surface area contributed by atoms with Crippen LogP contribution in [0.5, 0.6) is 5.75 Å². The van der Waals surface area contributed by atoms with Crippen molar-refractivity contribution in [3.8, 4) is 5.75 Å². The Morgan fingerprint density at radius 3 is 2.90 bits per heavy atom. The van der Waals surface area contributed by atoms with Crippen LogP contribution in [0.3, 0.4) is 0 Å². The Bertz CT molecular complexity index is 948. The van der Waals surface area contributed by atoms with Gasteiger partial charge in [-0.25, -0.2) is 4.98 Å². The van der Waals surface area contributed by atoms with Gasteiger partial charge in [0, 0.05) is 35.2 Å². The molecule has 0 amide bonds. The number of hydrogen-bond donors (Lipinski definition) is 1. The molecule has 0 saturated carbocycles. The van der Waals surface area contributed by atoms with Crippen molar-refractivity contribution in [2.75, 3.05) is 0 Å². The van der Waals surface area contributed by atoms with Crippen molar-refractivity contribution in [1.29, 1.82) is 0 Å². The molecule has 152 valence electrons. The van der Waals surface area contributed by atoms with E-state index >= 15 is 0 Å². The molecule has 29 heavy (non-hydrogen) atoms. The number of thiophene rings is 1. The number of Topliss-reactive ketones (excluding diaryl/α,β-unsaturated/α-hetero) is 1. The molecule has 0 aliphatic heterocycles. The average molecular weight is 409 g/mol. The fourth-order valence-corrected chi connectivity index (χ4v) is 5.05. The SMILES string of the molecule is CCCc1c(OC(Cc2ncc[nH]2)c2cccs2)ccc2c1CCC(CC)C2=O. The number of rotatable bonds is 8. The minimum absolute atomic E-state index is 0.0995. The van der Waals surface area contributed by atoms with Crippen molar-refractivity contribution >= 4 is 17.1 Å². The van der Waals surface area contributed by atoms with E-state index in [0.29, 0.717) is 12.2 Å². The van der Waals surface area contributed by atoms with Gasteiger partial charge in [-0.05, 0) is 60.4 Å². The second kappa shape index (κ2) is 8.95. The molecule has 4 nitrogen and oxygen atoms in total. The lowest BCUT2D eigenvalue weighted by Crippen LogP contribution is -2.23. The molecule has 1 aromatic carbocycles. The number of nitrogens with zero attached hydrogens (tertiary/aromatic N) is 1. The van der Waals surface area contributed by atoms with E-state index in [0.717, 1.165) is 49.2 Å². The van der Waals surface area contributed by atoms with Gasteiger partial charge in [-0.3, -0.25) is 4.79 Å². The highest BCUT2D eigenvalue weighted by Gasteiger charge is 2.29. The first kappa shape index (κ1) is 19.9. The Morgan fingerprint density at radius 1 is 1.31 bits per heavy atom. The van der Waals surface area contributed by atoms with Crippen LogP contribution in [0.25, 0.3) is 0 Å². The van der Waals surface area contributed by atoms with Gasteiger partial charge in [-0.2, -0.15) is 0 Å². The number of nitrogens with one attached hydrogen (secondary N) is 1. The van der Waals surface area contributed by atoms with Gasteiger partial charge in [0.05, 0.1) is 0 Å². The van der Waals surface area contributed by atoms with Crippen molar-refractivity contribution in [3.63, 3.8) is 0 Å². The Labute approximate surface area is 176 Å². The number of benzene rings is 1. The maximum Gasteiger partial charge on any atom is 0.166 e. The number of H-pyrrole nitrogens is 1. The second-order valence-corrected chi connectivity index (χ2v) is 8.67. The zero-order valence-corrected chi connectivity index (χ0v) is 17.9. The van der Waals surface area contributed by atoms with Gasteiger partial charge in [-0.1, -0.05) is 26.3 Å². The number of hydrogen-bond acceptors (Lipinski definition) is 4. The Hall–Kier alpha value is -2.40. The number of carbonyl (C=O) groups excluding carboxylic acids is 1. The van der Waals surface area contributed by atoms with E-state index in [9.17, 15) is 4.79 Å². The molecule has 0 bridgehead atoms. The number of carbonyl (C=O) groups is 1. The van der Waals surface area contributed by atoms with Gasteiger partial charge in [0.1, 0.15) is 17.7 Å². The molecule has 0 spiro atoms. The van der Waals surface area contributed by atoms with Crippen molar-refractivity contribution in [3.05, 3.63) is 69.4 Å². The fourth-order valence-electron chi connectivity index (χ4n) is 4.29. The first-order valence-electron chi connectivity index (χ1n) is 10.6. The summed E-state index contributed by atoms with van der Waals surface area (Å²) in [6.07, 6.45) is 9.00. The molecule has 1 aliphatic rings. The van der Waals surface area contributed by atoms with E-state index in [1.54, 1.807) is 17.5 Å². The third-order valence-electron chi connectivity index (χ3n) is 5.82. The van der Waals surface area contributed by atoms with Crippen molar-refractivity contribution in [2.24, 2.45) is 5.92 Å². The molecule has 1 aliphatic carbocycles. The Kier molecular flexibility index (Phi) is 6.14. The fraction of sp³-hybridized carbons (Fsp3) is 0.417. The van der Waals surface area contributed by atoms with E-state index in [1.165, 1.54) is 16.0 Å². The van der Waals surface area contributed by atoms with Crippen LogP contribution in [-0.4, -0.2) is 15.8 Å². The number of aromatic nitrogens is 2. The number of fused-ring (bicyclic) bond motifs is 1. The van der Waals surface area contributed by atoms with E-state index in [1.807, 2.05) is 18.3 Å². The molecule has 5 heteroatoms. The number of ether oxygens (including phenoxy) is 1. The minimum atomic E-state index is -0.0995. The van der Waals surface area contributed by atoms with Crippen LogP contribution in [0.4, 0.5) is 0 Å². The molecule has 0 saturated heterocycles. The minimum Gasteiger partial charge on any atom is -0.484 e. The van der Waals surface area contributed by atoms with Crippen molar-refractivity contribution < 1.29 is 9.53 Å². The van der Waals surface area contributed by atoms with E-state index in [4.69, 9.17) is 4.74 Å². The third kappa shape index (κ3) is 4.15. The summed E-state index contributed by atoms with van der Waals surface area (Å²) in [5.41, 5.74) is 3.34. The molecular weight excluding hydrogens is 380 g/mol. The van der Waals surface area contributed by atoms with Crippen LogP contribution in [0.1, 0.15) is 71.4 Å². The summed E-state index contributed by atoms with van der Waals surface area (Å²) in [6.45, 7) is 4.29. The third-order valence-corrected chi connectivity index (χ3v) is 6.79. The van der Waals surface area contributed by atoms with Crippen LogP contribution in [0.2, 0.25) is 0 Å². The van der Waals surface area contributed by atoms with E-state index in [-0.39, 0.29) is 12.0 Å². The number of aromatic amines is 1. The molecule has 4 rings (SSSR count). The summed E-state index contributed by atoms with van der Waals surface area (Å²) in [6, 6.07) is 8.18. The Balaban J connectivity index is 1.68. The summed E-state index contributed by atoms with van der Waals surface area (Å²) >= 11 is 1.70. The predicted molar refractivity (Wildman–Crippen MR) is 117 cm³/mol. The lowest BCUT2D eigenvalue weighted by atomic mass is 9.79. The van der Waals surface area contributed by atoms with E-state index in [2.05, 4.69) is 41.3 Å². The quantitative estimate of drug-likeness (QED) is 0.502. The van der Waals surface area contributed by atoms with Crippen LogP contribution < -0.4 is 4.74 Å². The average Bonchev–Trinajstić information content (AvgIpc) is 3.43. The second-order valence-electron chi connectivity index (χ2n) is 7.69. The molecule has 2 aromatic heterocycles. The van der Waals surface area contributed by atoms with Gasteiger partial charge >= 0.3 is 0 Å². The van der Waals surface area contributed by atoms with E-state index < -0.39 is 0 Å². The lowest BCUT2D eigenvalue weighted by Gasteiger charge is -2.27. The lowest BCUT2D eigenvalue weighted by molar-refractivity contribution is 0.0898. The molecular formula is C24H28N2O2S. The maximum atomic E-state index is 12.9. The van der Waals surface area contributed by atoms with Crippen LogP contribution in [0.15, 0.2) is 42.0 Å². The van der Waals surface area contributed by atoms with Gasteiger partial charge in [0.2, 0.25) is 0 Å². The van der Waals surface area contributed by atoms with Crippen molar-refractivity contribution in [2.45, 2.75) is 58.5 Å². The summed E-state index contributed by atoms with van der Waals surface area (Å²) in [4.78, 5) is 21.6. The van der Waals surface area contributed by atoms with Gasteiger partial charge in [-0.15, -0.1) is 11.3 Å². The first-order valence-corrected chi connectivity index (χ1v) is 11.5. The molecule has 0 radical (unpaired) electrons. The molecule has 1 N–H and O–H groups in total. The van der Waals surface area contributed by atoms with Gasteiger partial charge in [0.15, 0.2) is 5.78 Å². The largest absolute Gasteiger partial charge is 0.484 e. The molecule has 3 aromatic rings. The van der Waals surface area contributed by atoms with Crippen LogP contribution >= 0.6 is 11.3 Å². The smallest absolute Gasteiger partial charge is 0.166 e. The first-order chi connectivity index (χ1) is 14.2. The normalized spacial score (nSPS) is 17.2. The van der Waals surface area contributed by atoms with Gasteiger partial charge in [0.25, 0.3) is 0 Å². The summed E-state index contributed by atoms with van der Waals surface area (Å²) in [5, 5.41) is 2.08. The number of ketones is 1. The molecule has 2 unspecified atom stereocenters. The molecule has 2 atom stereocenters. The topological polar surface area (TPSA) is 55.0 Å². The molecule has 2 heterocycles. The summed E-state index contributed by atoms with van der Waals surface area (Å²) in [5.74, 6) is 2.31. The highest BCUT2D eigenvalue weighted by molar-refractivity contribution is 7.10.